The van der Waals surface area contributed by atoms with E-state index in [4.69, 9.17) is 21.7 Å². The second kappa shape index (κ2) is 10.6. The minimum absolute atomic E-state index is 0.117. The molecule has 1 aromatic rings. The van der Waals surface area contributed by atoms with Crippen LogP contribution >= 0.6 is 11.6 Å². The van der Waals surface area contributed by atoms with Gasteiger partial charge in [0, 0.05) is 49.5 Å². The van der Waals surface area contributed by atoms with E-state index >= 15 is 0 Å². The molecule has 0 radical (unpaired) electrons. The van der Waals surface area contributed by atoms with Gasteiger partial charge in [-0.3, -0.25) is 9.69 Å². The zero-order chi connectivity index (χ0) is 26.3. The molecule has 3 fully saturated rings. The summed E-state index contributed by atoms with van der Waals surface area (Å²) in [5, 5.41) is 21.2. The summed E-state index contributed by atoms with van der Waals surface area (Å²) >= 11 is 6.07. The number of hydrogen-bond acceptors (Lipinski definition) is 7. The number of likely N-dealkylation sites (tertiary alicyclic amines) is 1. The molecule has 0 spiro atoms. The van der Waals surface area contributed by atoms with Crippen molar-refractivity contribution in [1.29, 1.82) is 5.41 Å². The molecule has 37 heavy (non-hydrogen) atoms. The first kappa shape index (κ1) is 25.9. The summed E-state index contributed by atoms with van der Waals surface area (Å²) in [5.41, 5.74) is 1.85. The fourth-order valence-corrected chi connectivity index (χ4v) is 6.14. The van der Waals surface area contributed by atoms with Crippen LogP contribution in [0.5, 0.6) is 5.75 Å². The summed E-state index contributed by atoms with van der Waals surface area (Å²) in [6.45, 7) is 5.43. The Balaban J connectivity index is 1.33. The highest BCUT2D eigenvalue weighted by molar-refractivity contribution is 6.43. The average Bonchev–Trinajstić information content (AvgIpc) is 3.33. The normalized spacial score (nSPS) is 29.8. The molecule has 0 aliphatic carbocycles. The van der Waals surface area contributed by atoms with Crippen molar-refractivity contribution in [2.45, 2.75) is 57.7 Å². The maximum atomic E-state index is 14.3. The van der Waals surface area contributed by atoms with Crippen molar-refractivity contribution in [3.8, 4) is 5.75 Å². The first-order chi connectivity index (χ1) is 17.7. The van der Waals surface area contributed by atoms with Gasteiger partial charge in [0.15, 0.2) is 0 Å². The highest BCUT2D eigenvalue weighted by atomic mass is 35.5. The third kappa shape index (κ3) is 5.17. The number of aliphatic hydroxyl groups excluding tert-OH is 1. The smallest absolute Gasteiger partial charge is 0.258 e. The van der Waals surface area contributed by atoms with Gasteiger partial charge in [-0.2, -0.15) is 0 Å². The van der Waals surface area contributed by atoms with E-state index in [0.717, 1.165) is 32.2 Å². The lowest BCUT2D eigenvalue weighted by Gasteiger charge is -2.39. The standard InChI is InChI=1S/C27H33ClFN5O3/c1-15-8-18-10-19(11-24(15)34(18)6-3-7-35)37-25-9-17(29)4-5-20(25)27(36)33-13-21(23(30)14-33)26-31-12-22(28)16(2)32-26/h4-5,9,12,15,18-19,24,30-31,35H,3,6-8,10-11,13-14H2,1-2H3/b26-21+,30-23?. The fourth-order valence-electron chi connectivity index (χ4n) is 6.04. The Bertz CT molecular complexity index is 1200. The second-order valence-electron chi connectivity index (χ2n) is 10.4. The van der Waals surface area contributed by atoms with Gasteiger partial charge in [0.2, 0.25) is 0 Å². The van der Waals surface area contributed by atoms with Crippen LogP contribution in [-0.2, 0) is 0 Å². The Hall–Kier alpha value is -2.75. The molecule has 0 saturated carbocycles. The van der Waals surface area contributed by atoms with Crippen molar-refractivity contribution in [2.24, 2.45) is 10.9 Å². The van der Waals surface area contributed by atoms with E-state index in [1.54, 1.807) is 18.0 Å². The number of hydrogen-bond donors (Lipinski definition) is 3. The molecule has 1 aromatic carbocycles. The van der Waals surface area contributed by atoms with Crippen molar-refractivity contribution in [2.75, 3.05) is 26.2 Å². The molecule has 1 amide bonds. The van der Waals surface area contributed by atoms with Crippen LogP contribution in [0.3, 0.4) is 0 Å². The Morgan fingerprint density at radius 2 is 2.14 bits per heavy atom. The van der Waals surface area contributed by atoms with Crippen LogP contribution in [0.4, 0.5) is 4.39 Å². The minimum Gasteiger partial charge on any atom is -0.489 e. The number of piperidine rings is 1. The summed E-state index contributed by atoms with van der Waals surface area (Å²) in [5.74, 6) is 0.517. The molecule has 3 N–H and O–H groups in total. The average molecular weight is 530 g/mol. The van der Waals surface area contributed by atoms with Crippen molar-refractivity contribution < 1.29 is 19.0 Å². The Morgan fingerprint density at radius 1 is 1.32 bits per heavy atom. The fraction of sp³-hybridized carbons (Fsp3) is 0.519. The third-order valence-corrected chi connectivity index (χ3v) is 8.26. The van der Waals surface area contributed by atoms with Crippen LogP contribution < -0.4 is 10.1 Å². The lowest BCUT2D eigenvalue weighted by molar-refractivity contribution is 0.0394. The molecular formula is C27H33ClFN5O3. The number of allylic oxidation sites excluding steroid dienone is 1. The Kier molecular flexibility index (Phi) is 7.38. The number of carbonyl (C=O) groups excluding carboxylic acids is 1. The Labute approximate surface area is 221 Å². The van der Waals surface area contributed by atoms with Crippen molar-refractivity contribution in [3.05, 3.63) is 52.2 Å². The zero-order valence-corrected chi connectivity index (χ0v) is 21.9. The van der Waals surface area contributed by atoms with Gasteiger partial charge in [0.25, 0.3) is 5.91 Å². The van der Waals surface area contributed by atoms with Crippen molar-refractivity contribution in [1.82, 2.24) is 15.1 Å². The molecule has 4 unspecified atom stereocenters. The molecule has 8 nitrogen and oxygen atoms in total. The molecule has 2 bridgehead atoms. The summed E-state index contributed by atoms with van der Waals surface area (Å²) in [4.78, 5) is 22.0. The van der Waals surface area contributed by atoms with Gasteiger partial charge in [0.05, 0.1) is 35.1 Å². The molecule has 4 aliphatic rings. The van der Waals surface area contributed by atoms with Crippen LogP contribution in [0.15, 0.2) is 45.8 Å². The van der Waals surface area contributed by atoms with E-state index in [0.29, 0.717) is 51.4 Å². The molecule has 198 valence electrons. The number of ether oxygens (including phenoxy) is 1. The monoisotopic (exact) mass is 529 g/mol. The first-order valence-electron chi connectivity index (χ1n) is 12.9. The largest absolute Gasteiger partial charge is 0.489 e. The summed E-state index contributed by atoms with van der Waals surface area (Å²) in [7, 11) is 0. The highest BCUT2D eigenvalue weighted by Gasteiger charge is 2.45. The number of amides is 1. The minimum atomic E-state index is -0.458. The van der Waals surface area contributed by atoms with Gasteiger partial charge in [-0.1, -0.05) is 18.5 Å². The number of aliphatic imine (C=N–C) groups is 1. The van der Waals surface area contributed by atoms with Gasteiger partial charge >= 0.3 is 0 Å². The van der Waals surface area contributed by atoms with E-state index < -0.39 is 5.82 Å². The highest BCUT2D eigenvalue weighted by Crippen LogP contribution is 2.41. The van der Waals surface area contributed by atoms with Crippen LogP contribution in [-0.4, -0.2) is 76.7 Å². The maximum absolute atomic E-state index is 14.3. The number of halogens is 2. The van der Waals surface area contributed by atoms with Gasteiger partial charge in [-0.15, -0.1) is 0 Å². The van der Waals surface area contributed by atoms with E-state index in [9.17, 15) is 14.3 Å². The zero-order valence-electron chi connectivity index (χ0n) is 21.1. The summed E-state index contributed by atoms with van der Waals surface area (Å²) in [6, 6.07) is 4.75. The van der Waals surface area contributed by atoms with E-state index in [2.05, 4.69) is 22.1 Å². The van der Waals surface area contributed by atoms with Crippen molar-refractivity contribution >= 4 is 28.9 Å². The molecule has 10 heteroatoms. The summed E-state index contributed by atoms with van der Waals surface area (Å²) < 4.78 is 20.6. The number of benzene rings is 1. The number of aliphatic hydroxyl groups is 1. The van der Waals surface area contributed by atoms with E-state index in [1.165, 1.54) is 18.2 Å². The molecule has 4 aliphatic heterocycles. The third-order valence-electron chi connectivity index (χ3n) is 7.87. The predicted octanol–water partition coefficient (Wildman–Crippen LogP) is 3.66. The molecule has 4 atom stereocenters. The topological polar surface area (TPSA) is 101 Å². The van der Waals surface area contributed by atoms with Crippen LogP contribution in [0.1, 0.15) is 49.9 Å². The SMILES string of the molecule is CC1=N/C(=C2\CN(C(=O)c3ccc(F)cc3OC3CC4CC(C)C(C3)N4CCCO)CC2=N)NC=C1Cl. The molecule has 5 rings (SSSR count). The van der Waals surface area contributed by atoms with Crippen molar-refractivity contribution in [3.63, 3.8) is 0 Å². The van der Waals surface area contributed by atoms with Gasteiger partial charge in [0.1, 0.15) is 23.5 Å². The number of rotatable bonds is 6. The number of nitrogens with one attached hydrogen (secondary N) is 2. The maximum Gasteiger partial charge on any atom is 0.258 e. The first-order valence-corrected chi connectivity index (χ1v) is 13.2. The van der Waals surface area contributed by atoms with Crippen LogP contribution in [0.25, 0.3) is 0 Å². The summed E-state index contributed by atoms with van der Waals surface area (Å²) in [6.07, 6.45) is 4.94. The predicted molar refractivity (Wildman–Crippen MR) is 141 cm³/mol. The lowest BCUT2D eigenvalue weighted by atomic mass is 9.96. The molecule has 4 heterocycles. The molecular weight excluding hydrogens is 497 g/mol. The number of carbonyl (C=O) groups is 1. The van der Waals surface area contributed by atoms with Crippen LogP contribution in [0.2, 0.25) is 0 Å². The number of fused-ring (bicyclic) bond motifs is 2. The van der Waals surface area contributed by atoms with Gasteiger partial charge < -0.3 is 25.5 Å². The van der Waals surface area contributed by atoms with Gasteiger partial charge in [-0.25, -0.2) is 9.38 Å². The molecule has 3 saturated heterocycles. The van der Waals surface area contributed by atoms with E-state index in [1.807, 2.05) is 0 Å². The van der Waals surface area contributed by atoms with E-state index in [-0.39, 0.29) is 37.5 Å². The van der Waals surface area contributed by atoms with Crippen LogP contribution in [0, 0.1) is 17.1 Å². The number of nitrogens with zero attached hydrogens (tertiary/aromatic N) is 3. The second-order valence-corrected chi connectivity index (χ2v) is 10.8. The van der Waals surface area contributed by atoms with Gasteiger partial charge in [-0.05, 0) is 44.2 Å². The molecule has 0 aromatic heterocycles. The quantitative estimate of drug-likeness (QED) is 0.522. The lowest BCUT2D eigenvalue weighted by Crippen LogP contribution is -2.47. The Morgan fingerprint density at radius 3 is 2.86 bits per heavy atom.